The first-order valence-electron chi connectivity index (χ1n) is 9.37. The van der Waals surface area contributed by atoms with Crippen LogP contribution in [0.25, 0.3) is 0 Å². The third-order valence-corrected chi connectivity index (χ3v) is 5.73. The van der Waals surface area contributed by atoms with Crippen LogP contribution in [-0.2, 0) is 33.4 Å². The summed E-state index contributed by atoms with van der Waals surface area (Å²) in [4.78, 5) is 34.6. The molecule has 0 heterocycles. The van der Waals surface area contributed by atoms with E-state index in [0.717, 1.165) is 0 Å². The standard InChI is InChI=1S/C18H33NO9S/c1-7-14(21)28-15(12(2)3)18(24,16(22)23)17(5,6)11-27-29(25,26)10-8-9-19-13(4)20/h12,15,24H,7-11H2,1-6H3,(H,19,20)(H,22,23)/t15?,18-/m1/s1. The molecule has 0 radical (unpaired) electrons. The molecule has 10 nitrogen and oxygen atoms in total. The van der Waals surface area contributed by atoms with Gasteiger partial charge in [0.05, 0.1) is 12.4 Å². The quantitative estimate of drug-likeness (QED) is 0.213. The summed E-state index contributed by atoms with van der Waals surface area (Å²) in [6.07, 6.45) is -1.33. The molecular formula is C18H33NO9S. The predicted molar refractivity (Wildman–Crippen MR) is 104 cm³/mol. The molecular weight excluding hydrogens is 406 g/mol. The number of ether oxygens (including phenoxy) is 1. The first-order valence-corrected chi connectivity index (χ1v) is 10.9. The van der Waals surface area contributed by atoms with Gasteiger partial charge in [0, 0.05) is 25.3 Å². The Labute approximate surface area is 172 Å². The van der Waals surface area contributed by atoms with Crippen molar-refractivity contribution in [2.24, 2.45) is 11.3 Å². The monoisotopic (exact) mass is 439 g/mol. The maximum atomic E-state index is 12.1. The van der Waals surface area contributed by atoms with Gasteiger partial charge in [0.1, 0.15) is 6.10 Å². The Kier molecular flexibility index (Phi) is 10.2. The number of hydrogen-bond acceptors (Lipinski definition) is 8. The minimum absolute atomic E-state index is 0.0154. The van der Waals surface area contributed by atoms with Gasteiger partial charge >= 0.3 is 11.9 Å². The number of carboxylic acids is 1. The average molecular weight is 440 g/mol. The fourth-order valence-electron chi connectivity index (χ4n) is 2.64. The molecule has 0 rings (SSSR count). The second-order valence-corrected chi connectivity index (χ2v) is 9.58. The lowest BCUT2D eigenvalue weighted by Gasteiger charge is -2.44. The maximum Gasteiger partial charge on any atom is 0.340 e. The van der Waals surface area contributed by atoms with Crippen LogP contribution in [0.2, 0.25) is 0 Å². The SMILES string of the molecule is CCC(=O)OC(C(C)C)[C@@](O)(C(=O)O)C(C)(C)COS(=O)(=O)CCCNC(C)=O. The highest BCUT2D eigenvalue weighted by atomic mass is 32.2. The van der Waals surface area contributed by atoms with Crippen LogP contribution in [0.3, 0.4) is 0 Å². The lowest BCUT2D eigenvalue weighted by Crippen LogP contribution is -2.63. The average Bonchev–Trinajstić information content (AvgIpc) is 2.60. The van der Waals surface area contributed by atoms with E-state index in [-0.39, 0.29) is 25.3 Å². The smallest absolute Gasteiger partial charge is 0.340 e. The number of carbonyl (C=O) groups is 3. The lowest BCUT2D eigenvalue weighted by atomic mass is 9.69. The molecule has 3 N–H and O–H groups in total. The summed E-state index contributed by atoms with van der Waals surface area (Å²) in [5.41, 5.74) is -4.23. The van der Waals surface area contributed by atoms with E-state index in [9.17, 15) is 33.0 Å². The van der Waals surface area contributed by atoms with Crippen molar-refractivity contribution in [3.63, 3.8) is 0 Å². The second-order valence-electron chi connectivity index (χ2n) is 7.82. The van der Waals surface area contributed by atoms with E-state index in [0.29, 0.717) is 0 Å². The number of carboxylic acid groups (broad SMARTS) is 1. The molecule has 0 aromatic heterocycles. The molecule has 0 fully saturated rings. The highest BCUT2D eigenvalue weighted by Crippen LogP contribution is 2.39. The molecule has 0 saturated heterocycles. The van der Waals surface area contributed by atoms with Crippen LogP contribution in [-0.4, -0.2) is 67.1 Å². The van der Waals surface area contributed by atoms with Crippen molar-refractivity contribution in [3.05, 3.63) is 0 Å². The summed E-state index contributed by atoms with van der Waals surface area (Å²) in [5, 5.41) is 23.3. The molecule has 1 unspecified atom stereocenters. The van der Waals surface area contributed by atoms with Crippen LogP contribution in [0.1, 0.15) is 54.4 Å². The first kappa shape index (κ1) is 27.3. The number of esters is 1. The molecule has 0 aliphatic rings. The minimum Gasteiger partial charge on any atom is -0.479 e. The van der Waals surface area contributed by atoms with Crippen LogP contribution in [0.4, 0.5) is 0 Å². The van der Waals surface area contributed by atoms with Crippen LogP contribution >= 0.6 is 0 Å². The van der Waals surface area contributed by atoms with Gasteiger partial charge in [-0.2, -0.15) is 8.42 Å². The molecule has 0 aromatic carbocycles. The summed E-state index contributed by atoms with van der Waals surface area (Å²) in [5.74, 6) is -3.60. The highest BCUT2D eigenvalue weighted by Gasteiger charge is 2.59. The van der Waals surface area contributed by atoms with E-state index in [2.05, 4.69) is 5.32 Å². The fourth-order valence-corrected chi connectivity index (χ4v) is 3.73. The topological polar surface area (TPSA) is 156 Å². The number of aliphatic hydroxyl groups is 1. The molecule has 11 heteroatoms. The third-order valence-electron chi connectivity index (χ3n) is 4.47. The Morgan fingerprint density at radius 3 is 2.14 bits per heavy atom. The van der Waals surface area contributed by atoms with Crippen molar-refractivity contribution in [3.8, 4) is 0 Å². The molecule has 1 amide bonds. The molecule has 0 spiro atoms. The van der Waals surface area contributed by atoms with E-state index in [4.69, 9.17) is 8.92 Å². The molecule has 29 heavy (non-hydrogen) atoms. The van der Waals surface area contributed by atoms with Crippen LogP contribution in [0.5, 0.6) is 0 Å². The van der Waals surface area contributed by atoms with E-state index in [1.807, 2.05) is 0 Å². The van der Waals surface area contributed by atoms with E-state index < -0.39 is 57.5 Å². The van der Waals surface area contributed by atoms with Gasteiger partial charge < -0.3 is 20.3 Å². The van der Waals surface area contributed by atoms with Crippen LogP contribution < -0.4 is 5.32 Å². The summed E-state index contributed by atoms with van der Waals surface area (Å²) in [6, 6.07) is 0. The summed E-state index contributed by atoms with van der Waals surface area (Å²) >= 11 is 0. The zero-order chi connectivity index (χ0) is 23.0. The van der Waals surface area contributed by atoms with E-state index in [1.165, 1.54) is 27.7 Å². The molecule has 0 saturated carbocycles. The largest absolute Gasteiger partial charge is 0.479 e. The van der Waals surface area contributed by atoms with Gasteiger partial charge in [0.2, 0.25) is 11.5 Å². The zero-order valence-corrected chi connectivity index (χ0v) is 18.7. The van der Waals surface area contributed by atoms with Crippen molar-refractivity contribution >= 4 is 28.0 Å². The predicted octanol–water partition coefficient (Wildman–Crippen LogP) is 0.679. The summed E-state index contributed by atoms with van der Waals surface area (Å²) in [7, 11) is -4.04. The van der Waals surface area contributed by atoms with E-state index >= 15 is 0 Å². The third kappa shape index (κ3) is 7.90. The lowest BCUT2D eigenvalue weighted by molar-refractivity contribution is -0.213. The van der Waals surface area contributed by atoms with Crippen molar-refractivity contribution < 1.29 is 41.9 Å². The molecule has 0 bridgehead atoms. The van der Waals surface area contributed by atoms with Crippen molar-refractivity contribution in [1.82, 2.24) is 5.32 Å². The normalized spacial score (nSPS) is 15.4. The van der Waals surface area contributed by atoms with Gasteiger partial charge in [-0.25, -0.2) is 4.79 Å². The zero-order valence-electron chi connectivity index (χ0n) is 17.9. The summed E-state index contributed by atoms with van der Waals surface area (Å²) in [6.45, 7) is 8.13. The minimum atomic E-state index is -4.04. The number of nitrogens with one attached hydrogen (secondary N) is 1. The van der Waals surface area contributed by atoms with E-state index in [1.54, 1.807) is 13.8 Å². The number of aliphatic carboxylic acids is 1. The van der Waals surface area contributed by atoms with Gasteiger partial charge in [0.25, 0.3) is 10.1 Å². The van der Waals surface area contributed by atoms with Gasteiger partial charge in [-0.1, -0.05) is 34.6 Å². The van der Waals surface area contributed by atoms with Crippen molar-refractivity contribution in [2.75, 3.05) is 18.9 Å². The van der Waals surface area contributed by atoms with Crippen LogP contribution in [0, 0.1) is 11.3 Å². The van der Waals surface area contributed by atoms with Gasteiger partial charge in [-0.3, -0.25) is 13.8 Å². The first-order chi connectivity index (χ1) is 13.1. The highest BCUT2D eigenvalue weighted by molar-refractivity contribution is 7.86. The molecule has 170 valence electrons. The molecule has 0 aliphatic carbocycles. The molecule has 0 aliphatic heterocycles. The Morgan fingerprint density at radius 1 is 1.17 bits per heavy atom. The van der Waals surface area contributed by atoms with Crippen molar-refractivity contribution in [1.29, 1.82) is 0 Å². The number of hydrogen-bond donors (Lipinski definition) is 3. The van der Waals surface area contributed by atoms with Crippen LogP contribution in [0.15, 0.2) is 0 Å². The van der Waals surface area contributed by atoms with Gasteiger partial charge in [-0.05, 0) is 12.3 Å². The number of amides is 1. The van der Waals surface area contributed by atoms with Crippen molar-refractivity contribution in [2.45, 2.75) is 66.1 Å². The molecule has 0 aromatic rings. The maximum absolute atomic E-state index is 12.1. The summed E-state index contributed by atoms with van der Waals surface area (Å²) < 4.78 is 34.3. The second kappa shape index (κ2) is 10.9. The van der Waals surface area contributed by atoms with Gasteiger partial charge in [-0.15, -0.1) is 0 Å². The fraction of sp³-hybridized carbons (Fsp3) is 0.833. The number of carbonyl (C=O) groups excluding carboxylic acids is 2. The Bertz CT molecular complexity index is 687. The molecule has 2 atom stereocenters. The Balaban J connectivity index is 5.46. The van der Waals surface area contributed by atoms with Gasteiger partial charge in [0.15, 0.2) is 0 Å². The Morgan fingerprint density at radius 2 is 1.72 bits per heavy atom. The Hall–Kier alpha value is -1.72. The number of rotatable bonds is 13.